The van der Waals surface area contributed by atoms with E-state index < -0.39 is 0 Å². The number of carbonyl (C=O) groups excluding carboxylic acids is 2. The van der Waals surface area contributed by atoms with Gasteiger partial charge in [-0.1, -0.05) is 12.1 Å². The second-order valence-electron chi connectivity index (χ2n) is 5.16. The number of aromatic nitrogens is 2. The fourth-order valence-corrected chi connectivity index (χ4v) is 2.59. The number of nitrogens with zero attached hydrogens (tertiary/aromatic N) is 3. The predicted molar refractivity (Wildman–Crippen MR) is 82.1 cm³/mol. The van der Waals surface area contributed by atoms with Crippen molar-refractivity contribution in [1.82, 2.24) is 10.2 Å². The molecule has 0 saturated heterocycles. The minimum atomic E-state index is -0.313. The summed E-state index contributed by atoms with van der Waals surface area (Å²) >= 11 is 0. The number of imide groups is 1. The molecule has 0 unspecified atom stereocenters. The lowest BCUT2D eigenvalue weighted by molar-refractivity contribution is 0.0926. The van der Waals surface area contributed by atoms with Crippen molar-refractivity contribution in [1.29, 1.82) is 0 Å². The summed E-state index contributed by atoms with van der Waals surface area (Å²) < 4.78 is 5.36. The molecule has 1 aliphatic rings. The molecule has 6 nitrogen and oxygen atoms in total. The first-order valence-corrected chi connectivity index (χ1v) is 7.03. The Bertz CT molecular complexity index is 893. The molecular weight excluding hydrogens is 294 g/mol. The zero-order valence-electron chi connectivity index (χ0n) is 12.2. The van der Waals surface area contributed by atoms with Crippen molar-refractivity contribution in [2.75, 3.05) is 4.90 Å². The summed E-state index contributed by atoms with van der Waals surface area (Å²) in [5, 5.41) is 7.72. The number of rotatable bonds is 2. The van der Waals surface area contributed by atoms with Gasteiger partial charge in [-0.15, -0.1) is 10.2 Å². The summed E-state index contributed by atoms with van der Waals surface area (Å²) in [5.41, 5.74) is 2.09. The number of amides is 2. The summed E-state index contributed by atoms with van der Waals surface area (Å²) in [5.74, 6) is 0.250. The molecule has 2 heterocycles. The first kappa shape index (κ1) is 13.4. The summed E-state index contributed by atoms with van der Waals surface area (Å²) in [4.78, 5) is 26.0. The molecule has 1 aliphatic heterocycles. The third kappa shape index (κ3) is 2.03. The Morgan fingerprint density at radius 2 is 1.48 bits per heavy atom. The topological polar surface area (TPSA) is 76.3 Å². The number of hydrogen-bond acceptors (Lipinski definition) is 5. The Balaban J connectivity index is 1.70. The van der Waals surface area contributed by atoms with Gasteiger partial charge in [0.1, 0.15) is 0 Å². The van der Waals surface area contributed by atoms with E-state index in [0.717, 1.165) is 5.56 Å². The van der Waals surface area contributed by atoms with E-state index in [1.54, 1.807) is 55.5 Å². The molecule has 0 aliphatic carbocycles. The Hall–Kier alpha value is -3.28. The average Bonchev–Trinajstić information content (AvgIpc) is 3.11. The van der Waals surface area contributed by atoms with Crippen LogP contribution in [-0.4, -0.2) is 22.0 Å². The molecule has 2 amide bonds. The van der Waals surface area contributed by atoms with Crippen molar-refractivity contribution in [3.05, 3.63) is 65.5 Å². The van der Waals surface area contributed by atoms with E-state index in [0.29, 0.717) is 28.6 Å². The molecule has 0 spiro atoms. The minimum Gasteiger partial charge on any atom is -0.421 e. The lowest BCUT2D eigenvalue weighted by Gasteiger charge is -2.13. The third-order valence-electron chi connectivity index (χ3n) is 3.69. The van der Waals surface area contributed by atoms with Crippen LogP contribution in [0.15, 0.2) is 52.9 Å². The van der Waals surface area contributed by atoms with Crippen molar-refractivity contribution < 1.29 is 14.0 Å². The van der Waals surface area contributed by atoms with Crippen LogP contribution in [0.3, 0.4) is 0 Å². The molecule has 112 valence electrons. The Kier molecular flexibility index (Phi) is 2.84. The van der Waals surface area contributed by atoms with Crippen molar-refractivity contribution >= 4 is 17.5 Å². The van der Waals surface area contributed by atoms with Crippen molar-refractivity contribution in [3.63, 3.8) is 0 Å². The smallest absolute Gasteiger partial charge is 0.266 e. The van der Waals surface area contributed by atoms with E-state index in [9.17, 15) is 9.59 Å². The molecule has 1 aromatic heterocycles. The molecule has 0 atom stereocenters. The molecule has 0 saturated carbocycles. The summed E-state index contributed by atoms with van der Waals surface area (Å²) in [6.07, 6.45) is 0. The fraction of sp³-hybridized carbons (Fsp3) is 0.0588. The fourth-order valence-electron chi connectivity index (χ4n) is 2.59. The van der Waals surface area contributed by atoms with Crippen LogP contribution in [-0.2, 0) is 0 Å². The second kappa shape index (κ2) is 4.88. The van der Waals surface area contributed by atoms with E-state index >= 15 is 0 Å². The highest BCUT2D eigenvalue weighted by molar-refractivity contribution is 6.34. The lowest BCUT2D eigenvalue weighted by atomic mass is 10.1. The van der Waals surface area contributed by atoms with Crippen LogP contribution in [0.25, 0.3) is 11.5 Å². The Labute approximate surface area is 131 Å². The number of benzene rings is 2. The highest BCUT2D eigenvalue weighted by Crippen LogP contribution is 2.29. The highest BCUT2D eigenvalue weighted by Gasteiger charge is 2.36. The van der Waals surface area contributed by atoms with Gasteiger partial charge in [-0.05, 0) is 36.4 Å². The lowest BCUT2D eigenvalue weighted by Crippen LogP contribution is -2.29. The van der Waals surface area contributed by atoms with Crippen LogP contribution in [0.2, 0.25) is 0 Å². The quantitative estimate of drug-likeness (QED) is 0.680. The number of aryl methyl sites for hydroxylation is 1. The zero-order chi connectivity index (χ0) is 16.0. The van der Waals surface area contributed by atoms with Crippen LogP contribution in [0.5, 0.6) is 0 Å². The average molecular weight is 305 g/mol. The first-order chi connectivity index (χ1) is 11.1. The molecule has 6 heteroatoms. The van der Waals surface area contributed by atoms with Gasteiger partial charge >= 0.3 is 0 Å². The van der Waals surface area contributed by atoms with E-state index in [1.807, 2.05) is 0 Å². The SMILES string of the molecule is Cc1nnc(-c2ccc(N3C(=O)c4ccccc4C3=O)cc2)o1. The number of fused-ring (bicyclic) bond motifs is 1. The molecule has 0 bridgehead atoms. The molecule has 2 aromatic carbocycles. The molecule has 0 radical (unpaired) electrons. The van der Waals surface area contributed by atoms with E-state index in [2.05, 4.69) is 10.2 Å². The third-order valence-corrected chi connectivity index (χ3v) is 3.69. The van der Waals surface area contributed by atoms with Gasteiger partial charge < -0.3 is 4.42 Å². The van der Waals surface area contributed by atoms with Crippen molar-refractivity contribution in [2.24, 2.45) is 0 Å². The molecule has 4 rings (SSSR count). The van der Waals surface area contributed by atoms with Gasteiger partial charge in [-0.25, -0.2) is 4.90 Å². The van der Waals surface area contributed by atoms with Crippen LogP contribution >= 0.6 is 0 Å². The van der Waals surface area contributed by atoms with E-state index in [4.69, 9.17) is 4.42 Å². The van der Waals surface area contributed by atoms with Gasteiger partial charge in [0.05, 0.1) is 16.8 Å². The molecular formula is C17H11N3O3. The van der Waals surface area contributed by atoms with Gasteiger partial charge in [0, 0.05) is 12.5 Å². The van der Waals surface area contributed by atoms with E-state index in [-0.39, 0.29) is 11.8 Å². The van der Waals surface area contributed by atoms with Crippen molar-refractivity contribution in [3.8, 4) is 11.5 Å². The Morgan fingerprint density at radius 1 is 0.870 bits per heavy atom. The van der Waals surface area contributed by atoms with Crippen LogP contribution in [0.1, 0.15) is 26.6 Å². The Morgan fingerprint density at radius 3 is 2.00 bits per heavy atom. The van der Waals surface area contributed by atoms with Crippen LogP contribution < -0.4 is 4.90 Å². The first-order valence-electron chi connectivity index (χ1n) is 7.03. The molecule has 3 aromatic rings. The monoisotopic (exact) mass is 305 g/mol. The maximum Gasteiger partial charge on any atom is 0.266 e. The predicted octanol–water partition coefficient (Wildman–Crippen LogP) is 2.85. The maximum absolute atomic E-state index is 12.4. The van der Waals surface area contributed by atoms with Gasteiger partial charge in [0.2, 0.25) is 11.8 Å². The molecule has 0 fully saturated rings. The molecule has 23 heavy (non-hydrogen) atoms. The second-order valence-corrected chi connectivity index (χ2v) is 5.16. The summed E-state index contributed by atoms with van der Waals surface area (Å²) in [7, 11) is 0. The minimum absolute atomic E-state index is 0.313. The summed E-state index contributed by atoms with van der Waals surface area (Å²) in [6.45, 7) is 1.71. The largest absolute Gasteiger partial charge is 0.421 e. The van der Waals surface area contributed by atoms with Crippen molar-refractivity contribution in [2.45, 2.75) is 6.92 Å². The maximum atomic E-state index is 12.4. The number of carbonyl (C=O) groups is 2. The number of hydrogen-bond donors (Lipinski definition) is 0. The normalized spacial score (nSPS) is 13.5. The standard InChI is InChI=1S/C17H11N3O3/c1-10-18-19-15(23-10)11-6-8-12(9-7-11)20-16(21)13-4-2-3-5-14(13)17(20)22/h2-9H,1H3. The molecule has 0 N–H and O–H groups in total. The van der Waals surface area contributed by atoms with Gasteiger partial charge in [0.25, 0.3) is 11.8 Å². The van der Waals surface area contributed by atoms with Crippen LogP contribution in [0, 0.1) is 6.92 Å². The zero-order valence-corrected chi connectivity index (χ0v) is 12.2. The van der Waals surface area contributed by atoms with E-state index in [1.165, 1.54) is 4.90 Å². The highest BCUT2D eigenvalue weighted by atomic mass is 16.4. The summed E-state index contributed by atoms with van der Waals surface area (Å²) in [6, 6.07) is 13.7. The van der Waals surface area contributed by atoms with Gasteiger partial charge in [-0.3, -0.25) is 9.59 Å². The number of anilines is 1. The van der Waals surface area contributed by atoms with Gasteiger partial charge in [0.15, 0.2) is 0 Å². The van der Waals surface area contributed by atoms with Crippen LogP contribution in [0.4, 0.5) is 5.69 Å². The van der Waals surface area contributed by atoms with Gasteiger partial charge in [-0.2, -0.15) is 0 Å².